The molecule has 0 spiro atoms. The van der Waals surface area contributed by atoms with Crippen molar-refractivity contribution in [3.05, 3.63) is 59.7 Å². The summed E-state index contributed by atoms with van der Waals surface area (Å²) in [5.41, 5.74) is 2.06. The Labute approximate surface area is 162 Å². The third-order valence-electron chi connectivity index (χ3n) is 5.42. The minimum absolute atomic E-state index is 0.611. The molecule has 1 aliphatic rings. The first kappa shape index (κ1) is 19.5. The molecule has 144 valence electrons. The van der Waals surface area contributed by atoms with Crippen LogP contribution in [0.25, 0.3) is 0 Å². The van der Waals surface area contributed by atoms with Gasteiger partial charge in [0, 0.05) is 5.56 Å². The van der Waals surface area contributed by atoms with Gasteiger partial charge in [-0.25, -0.2) is 0 Å². The minimum atomic E-state index is 0.611. The number of aryl methyl sites for hydroxylation is 1. The quantitative estimate of drug-likeness (QED) is 0.533. The molecule has 0 amide bonds. The van der Waals surface area contributed by atoms with Crippen LogP contribution < -0.4 is 9.47 Å². The summed E-state index contributed by atoms with van der Waals surface area (Å²) in [6, 6.07) is 15.9. The largest absolute Gasteiger partial charge is 0.493 e. The highest BCUT2D eigenvalue weighted by Gasteiger charge is 2.22. The van der Waals surface area contributed by atoms with Gasteiger partial charge in [-0.3, -0.25) is 4.79 Å². The van der Waals surface area contributed by atoms with Crippen LogP contribution in [-0.4, -0.2) is 19.5 Å². The first-order valence-corrected chi connectivity index (χ1v) is 10.2. The van der Waals surface area contributed by atoms with Crippen LogP contribution >= 0.6 is 0 Å². The fraction of sp³-hybridized carbons (Fsp3) is 0.458. The second-order valence-corrected chi connectivity index (χ2v) is 7.59. The van der Waals surface area contributed by atoms with Crippen LogP contribution in [0.1, 0.15) is 54.9 Å². The second kappa shape index (κ2) is 10.1. The predicted molar refractivity (Wildman–Crippen MR) is 109 cm³/mol. The van der Waals surface area contributed by atoms with Crippen LogP contribution in [0.15, 0.2) is 48.5 Å². The van der Waals surface area contributed by atoms with Gasteiger partial charge in [-0.1, -0.05) is 25.5 Å². The van der Waals surface area contributed by atoms with Crippen molar-refractivity contribution in [3.63, 3.8) is 0 Å². The Morgan fingerprint density at radius 1 is 0.815 bits per heavy atom. The molecule has 0 heterocycles. The van der Waals surface area contributed by atoms with Gasteiger partial charge in [0.1, 0.15) is 17.8 Å². The molecule has 3 heteroatoms. The van der Waals surface area contributed by atoms with Gasteiger partial charge >= 0.3 is 0 Å². The fourth-order valence-corrected chi connectivity index (χ4v) is 3.68. The zero-order chi connectivity index (χ0) is 18.9. The van der Waals surface area contributed by atoms with E-state index in [1.807, 2.05) is 12.1 Å². The molecule has 3 nitrogen and oxygen atoms in total. The monoisotopic (exact) mass is 366 g/mol. The van der Waals surface area contributed by atoms with Crippen molar-refractivity contribution in [2.24, 2.45) is 11.8 Å². The molecule has 0 bridgehead atoms. The number of carbonyl (C=O) groups excluding carboxylic acids is 1. The second-order valence-electron chi connectivity index (χ2n) is 7.59. The third-order valence-corrected chi connectivity index (χ3v) is 5.42. The van der Waals surface area contributed by atoms with Crippen LogP contribution in [-0.2, 0) is 6.42 Å². The molecule has 1 fully saturated rings. The highest BCUT2D eigenvalue weighted by atomic mass is 16.5. The Bertz CT molecular complexity index is 683. The van der Waals surface area contributed by atoms with E-state index in [2.05, 4.69) is 31.2 Å². The summed E-state index contributed by atoms with van der Waals surface area (Å²) >= 11 is 0. The summed E-state index contributed by atoms with van der Waals surface area (Å²) in [4.78, 5) is 10.7. The minimum Gasteiger partial charge on any atom is -0.493 e. The summed E-state index contributed by atoms with van der Waals surface area (Å²) in [5, 5.41) is 0. The van der Waals surface area contributed by atoms with Crippen LogP contribution in [0.5, 0.6) is 11.5 Å². The van der Waals surface area contributed by atoms with Crippen molar-refractivity contribution in [2.45, 2.75) is 45.4 Å². The van der Waals surface area contributed by atoms with Crippen LogP contribution in [0.3, 0.4) is 0 Å². The van der Waals surface area contributed by atoms with Gasteiger partial charge in [-0.15, -0.1) is 0 Å². The molecule has 2 aromatic carbocycles. The van der Waals surface area contributed by atoms with Gasteiger partial charge in [0.25, 0.3) is 0 Å². The zero-order valence-electron chi connectivity index (χ0n) is 16.2. The van der Waals surface area contributed by atoms with Gasteiger partial charge in [0.05, 0.1) is 13.2 Å². The molecule has 2 aromatic rings. The van der Waals surface area contributed by atoms with E-state index in [9.17, 15) is 4.79 Å². The lowest BCUT2D eigenvalue weighted by molar-refractivity contribution is 0.112. The van der Waals surface area contributed by atoms with Crippen molar-refractivity contribution in [3.8, 4) is 11.5 Å². The summed E-state index contributed by atoms with van der Waals surface area (Å²) in [6.07, 6.45) is 7.95. The molecule has 1 aliphatic carbocycles. The molecule has 0 saturated heterocycles. The van der Waals surface area contributed by atoms with E-state index in [4.69, 9.17) is 9.47 Å². The topological polar surface area (TPSA) is 35.5 Å². The SMILES string of the molecule is CCCc1ccc(OCC2CCC(COc3ccc(C=O)cc3)CC2)cc1. The van der Waals surface area contributed by atoms with Crippen molar-refractivity contribution >= 4 is 6.29 Å². The molecule has 0 N–H and O–H groups in total. The summed E-state index contributed by atoms with van der Waals surface area (Å²) in [6.45, 7) is 3.77. The lowest BCUT2D eigenvalue weighted by atomic mass is 9.83. The van der Waals surface area contributed by atoms with E-state index < -0.39 is 0 Å². The molecule has 0 unspecified atom stereocenters. The lowest BCUT2D eigenvalue weighted by Crippen LogP contribution is -2.23. The first-order chi connectivity index (χ1) is 13.3. The molecule has 0 aromatic heterocycles. The lowest BCUT2D eigenvalue weighted by Gasteiger charge is -2.28. The van der Waals surface area contributed by atoms with Crippen molar-refractivity contribution in [1.82, 2.24) is 0 Å². The molecule has 3 rings (SSSR count). The smallest absolute Gasteiger partial charge is 0.150 e. The zero-order valence-corrected chi connectivity index (χ0v) is 16.2. The van der Waals surface area contributed by atoms with Crippen LogP contribution in [0.4, 0.5) is 0 Å². The molecule has 1 saturated carbocycles. The molecular weight excluding hydrogens is 336 g/mol. The number of benzene rings is 2. The Morgan fingerprint density at radius 2 is 1.30 bits per heavy atom. The van der Waals surface area contributed by atoms with E-state index in [0.29, 0.717) is 17.4 Å². The predicted octanol–water partition coefficient (Wildman–Crippen LogP) is 5.72. The van der Waals surface area contributed by atoms with Crippen molar-refractivity contribution < 1.29 is 14.3 Å². The van der Waals surface area contributed by atoms with Gasteiger partial charge in [0.15, 0.2) is 0 Å². The normalized spacial score (nSPS) is 19.4. The van der Waals surface area contributed by atoms with E-state index in [-0.39, 0.29) is 0 Å². The highest BCUT2D eigenvalue weighted by Crippen LogP contribution is 2.30. The summed E-state index contributed by atoms with van der Waals surface area (Å²) < 4.78 is 11.9. The number of hydrogen-bond acceptors (Lipinski definition) is 3. The molecule has 0 aliphatic heterocycles. The highest BCUT2D eigenvalue weighted by molar-refractivity contribution is 5.74. The van der Waals surface area contributed by atoms with Gasteiger partial charge in [-0.2, -0.15) is 0 Å². The van der Waals surface area contributed by atoms with E-state index in [0.717, 1.165) is 37.4 Å². The van der Waals surface area contributed by atoms with E-state index in [1.54, 1.807) is 12.1 Å². The van der Waals surface area contributed by atoms with Crippen molar-refractivity contribution in [2.75, 3.05) is 13.2 Å². The maximum atomic E-state index is 10.7. The first-order valence-electron chi connectivity index (χ1n) is 10.2. The molecule has 0 radical (unpaired) electrons. The average Bonchev–Trinajstić information content (AvgIpc) is 2.73. The Morgan fingerprint density at radius 3 is 1.74 bits per heavy atom. The number of aldehydes is 1. The van der Waals surface area contributed by atoms with E-state index in [1.165, 1.54) is 37.7 Å². The van der Waals surface area contributed by atoms with Crippen LogP contribution in [0, 0.1) is 11.8 Å². The van der Waals surface area contributed by atoms with E-state index >= 15 is 0 Å². The average molecular weight is 367 g/mol. The number of hydrogen-bond donors (Lipinski definition) is 0. The Balaban J connectivity index is 1.35. The Kier molecular flexibility index (Phi) is 7.32. The fourth-order valence-electron chi connectivity index (χ4n) is 3.68. The molecule has 27 heavy (non-hydrogen) atoms. The summed E-state index contributed by atoms with van der Waals surface area (Å²) in [5.74, 6) is 3.08. The Hall–Kier alpha value is -2.29. The van der Waals surface area contributed by atoms with Crippen LogP contribution in [0.2, 0.25) is 0 Å². The van der Waals surface area contributed by atoms with Crippen molar-refractivity contribution in [1.29, 1.82) is 0 Å². The molecule has 0 atom stereocenters. The number of rotatable bonds is 9. The maximum Gasteiger partial charge on any atom is 0.150 e. The summed E-state index contributed by atoms with van der Waals surface area (Å²) in [7, 11) is 0. The third kappa shape index (κ3) is 6.13. The number of carbonyl (C=O) groups is 1. The van der Waals surface area contributed by atoms with Gasteiger partial charge < -0.3 is 9.47 Å². The standard InChI is InChI=1S/C24H30O3/c1-2-3-19-8-12-23(13-9-19)26-17-21-4-6-22(7-5-21)18-27-24-14-10-20(16-25)11-15-24/h8-16,21-22H,2-7,17-18H2,1H3. The maximum absolute atomic E-state index is 10.7. The van der Waals surface area contributed by atoms with Gasteiger partial charge in [0.2, 0.25) is 0 Å². The number of ether oxygens (including phenoxy) is 2. The molecular formula is C24H30O3. The van der Waals surface area contributed by atoms with Gasteiger partial charge in [-0.05, 0) is 85.9 Å².